The van der Waals surface area contributed by atoms with Crippen LogP contribution in [0.4, 0.5) is 0 Å². The summed E-state index contributed by atoms with van der Waals surface area (Å²) in [6.45, 7) is 2.38. The third-order valence-electron chi connectivity index (χ3n) is 3.03. The Kier molecular flexibility index (Phi) is 4.81. The van der Waals surface area contributed by atoms with E-state index >= 15 is 0 Å². The van der Waals surface area contributed by atoms with Crippen molar-refractivity contribution in [1.82, 2.24) is 9.97 Å². The number of hydrogen-bond acceptors (Lipinski definition) is 6. The SMILES string of the molecule is Cc1csc(/C(C#N)=C/c2ccc(OCc3cscn3)cc2)n1. The summed E-state index contributed by atoms with van der Waals surface area (Å²) in [5.41, 5.74) is 5.15. The Balaban J connectivity index is 1.71. The van der Waals surface area contributed by atoms with Crippen LogP contribution < -0.4 is 4.74 Å². The molecule has 0 saturated carbocycles. The molecule has 6 heteroatoms. The quantitative estimate of drug-likeness (QED) is 0.640. The lowest BCUT2D eigenvalue weighted by atomic mass is 10.1. The van der Waals surface area contributed by atoms with Gasteiger partial charge in [-0.15, -0.1) is 22.7 Å². The summed E-state index contributed by atoms with van der Waals surface area (Å²) < 4.78 is 5.67. The fraction of sp³-hybridized carbons (Fsp3) is 0.118. The highest BCUT2D eigenvalue weighted by molar-refractivity contribution is 7.11. The maximum atomic E-state index is 9.31. The number of aryl methyl sites for hydroxylation is 1. The number of allylic oxidation sites excluding steroid dienone is 1. The highest BCUT2D eigenvalue weighted by atomic mass is 32.1. The van der Waals surface area contributed by atoms with Gasteiger partial charge in [0.15, 0.2) is 0 Å². The Hall–Kier alpha value is -2.49. The van der Waals surface area contributed by atoms with Crippen LogP contribution in [0.5, 0.6) is 5.75 Å². The van der Waals surface area contributed by atoms with Gasteiger partial charge in [0.1, 0.15) is 23.4 Å². The molecule has 2 heterocycles. The van der Waals surface area contributed by atoms with Gasteiger partial charge in [-0.2, -0.15) is 5.26 Å². The molecule has 0 bridgehead atoms. The van der Waals surface area contributed by atoms with E-state index in [1.165, 1.54) is 11.3 Å². The van der Waals surface area contributed by atoms with Gasteiger partial charge >= 0.3 is 0 Å². The second-order valence-electron chi connectivity index (χ2n) is 4.80. The third kappa shape index (κ3) is 4.03. The van der Waals surface area contributed by atoms with Crippen molar-refractivity contribution in [3.05, 3.63) is 62.5 Å². The summed E-state index contributed by atoms with van der Waals surface area (Å²) in [6, 6.07) is 9.84. The molecule has 0 N–H and O–H groups in total. The molecule has 1 aromatic carbocycles. The number of aromatic nitrogens is 2. The first-order chi connectivity index (χ1) is 11.2. The highest BCUT2D eigenvalue weighted by Gasteiger charge is 2.05. The van der Waals surface area contributed by atoms with Crippen LogP contribution in [0.25, 0.3) is 11.6 Å². The minimum Gasteiger partial charge on any atom is -0.487 e. The molecule has 0 saturated heterocycles. The van der Waals surface area contributed by atoms with E-state index in [4.69, 9.17) is 4.74 Å². The van der Waals surface area contributed by atoms with E-state index in [2.05, 4.69) is 16.0 Å². The molecule has 4 nitrogen and oxygen atoms in total. The molecule has 0 spiro atoms. The van der Waals surface area contributed by atoms with Gasteiger partial charge in [0.25, 0.3) is 0 Å². The first-order valence-corrected chi connectivity index (χ1v) is 8.71. The van der Waals surface area contributed by atoms with Gasteiger partial charge in [-0.25, -0.2) is 9.97 Å². The second kappa shape index (κ2) is 7.18. The molecule has 0 atom stereocenters. The molecule has 0 radical (unpaired) electrons. The van der Waals surface area contributed by atoms with Crippen LogP contribution in [-0.2, 0) is 6.61 Å². The molecule has 3 aromatic rings. The van der Waals surface area contributed by atoms with E-state index in [1.54, 1.807) is 16.8 Å². The van der Waals surface area contributed by atoms with Crippen molar-refractivity contribution in [1.29, 1.82) is 5.26 Å². The largest absolute Gasteiger partial charge is 0.487 e. The van der Waals surface area contributed by atoms with Crippen LogP contribution in [0.15, 0.2) is 40.5 Å². The zero-order valence-corrected chi connectivity index (χ0v) is 14.0. The maximum Gasteiger partial charge on any atom is 0.134 e. The Bertz CT molecular complexity index is 843. The van der Waals surface area contributed by atoms with Crippen LogP contribution >= 0.6 is 22.7 Å². The number of nitrogens with zero attached hydrogens (tertiary/aromatic N) is 3. The average Bonchev–Trinajstić information content (AvgIpc) is 3.23. The van der Waals surface area contributed by atoms with Crippen molar-refractivity contribution in [3.63, 3.8) is 0 Å². The van der Waals surface area contributed by atoms with E-state index in [1.807, 2.05) is 48.0 Å². The fourth-order valence-corrected chi connectivity index (χ4v) is 3.22. The molecule has 0 aliphatic heterocycles. The normalized spacial score (nSPS) is 11.2. The molecular formula is C17H13N3OS2. The molecular weight excluding hydrogens is 326 g/mol. The molecule has 23 heavy (non-hydrogen) atoms. The first-order valence-electron chi connectivity index (χ1n) is 6.89. The molecule has 0 aliphatic carbocycles. The Morgan fingerprint density at radius 3 is 2.74 bits per heavy atom. The van der Waals surface area contributed by atoms with Crippen LogP contribution in [0, 0.1) is 18.3 Å². The molecule has 3 rings (SSSR count). The molecule has 0 unspecified atom stereocenters. The lowest BCUT2D eigenvalue weighted by Crippen LogP contribution is -1.95. The van der Waals surface area contributed by atoms with E-state index in [9.17, 15) is 5.26 Å². The summed E-state index contributed by atoms with van der Waals surface area (Å²) in [5, 5.41) is 14.0. The first kappa shape index (κ1) is 15.4. The molecule has 0 fully saturated rings. The predicted octanol–water partition coefficient (Wildman–Crippen LogP) is 4.55. The number of rotatable bonds is 5. The maximum absolute atomic E-state index is 9.31. The fourth-order valence-electron chi connectivity index (χ4n) is 1.91. The van der Waals surface area contributed by atoms with Crippen molar-refractivity contribution in [2.45, 2.75) is 13.5 Å². The number of benzene rings is 1. The van der Waals surface area contributed by atoms with E-state index in [0.717, 1.165) is 27.7 Å². The number of hydrogen-bond donors (Lipinski definition) is 0. The third-order valence-corrected chi connectivity index (χ3v) is 4.66. The monoisotopic (exact) mass is 339 g/mol. The number of nitriles is 1. The van der Waals surface area contributed by atoms with Crippen molar-refractivity contribution in [2.75, 3.05) is 0 Å². The predicted molar refractivity (Wildman–Crippen MR) is 93.2 cm³/mol. The van der Waals surface area contributed by atoms with Crippen molar-refractivity contribution in [2.24, 2.45) is 0 Å². The minimum absolute atomic E-state index is 0.459. The summed E-state index contributed by atoms with van der Waals surface area (Å²) in [5.74, 6) is 0.777. The van der Waals surface area contributed by atoms with E-state index in [-0.39, 0.29) is 0 Å². The summed E-state index contributed by atoms with van der Waals surface area (Å²) in [7, 11) is 0. The number of thiazole rings is 2. The topological polar surface area (TPSA) is 58.8 Å². The van der Waals surface area contributed by atoms with E-state index in [0.29, 0.717) is 12.2 Å². The Labute approximate surface area is 142 Å². The van der Waals surface area contributed by atoms with Gasteiger partial charge in [0.2, 0.25) is 0 Å². The minimum atomic E-state index is 0.459. The zero-order chi connectivity index (χ0) is 16.1. The van der Waals surface area contributed by atoms with Gasteiger partial charge in [-0.3, -0.25) is 0 Å². The van der Waals surface area contributed by atoms with Crippen molar-refractivity contribution in [3.8, 4) is 11.8 Å². The van der Waals surface area contributed by atoms with Crippen LogP contribution in [0.1, 0.15) is 22.0 Å². The lowest BCUT2D eigenvalue weighted by Gasteiger charge is -2.04. The smallest absolute Gasteiger partial charge is 0.134 e. The second-order valence-corrected chi connectivity index (χ2v) is 6.38. The summed E-state index contributed by atoms with van der Waals surface area (Å²) >= 11 is 3.03. The van der Waals surface area contributed by atoms with E-state index < -0.39 is 0 Å². The molecule has 2 aromatic heterocycles. The lowest BCUT2D eigenvalue weighted by molar-refractivity contribution is 0.302. The molecule has 0 amide bonds. The number of ether oxygens (including phenoxy) is 1. The zero-order valence-electron chi connectivity index (χ0n) is 12.4. The highest BCUT2D eigenvalue weighted by Crippen LogP contribution is 2.22. The van der Waals surface area contributed by atoms with Gasteiger partial charge in [0.05, 0.1) is 16.8 Å². The van der Waals surface area contributed by atoms with Gasteiger partial charge in [-0.05, 0) is 30.7 Å². The van der Waals surface area contributed by atoms with Crippen molar-refractivity contribution >= 4 is 34.3 Å². The summed E-state index contributed by atoms with van der Waals surface area (Å²) in [4.78, 5) is 8.53. The molecule has 114 valence electrons. The van der Waals surface area contributed by atoms with Crippen molar-refractivity contribution < 1.29 is 4.74 Å². The molecule has 0 aliphatic rings. The Morgan fingerprint density at radius 2 is 2.13 bits per heavy atom. The standard InChI is InChI=1S/C17H13N3OS2/c1-12-9-23-17(20-12)14(7-18)6-13-2-4-16(5-3-13)21-8-15-10-22-11-19-15/h2-6,9-11H,8H2,1H3/b14-6+. The van der Waals surface area contributed by atoms with Gasteiger partial charge in [0, 0.05) is 16.5 Å². The van der Waals surface area contributed by atoms with Crippen LogP contribution in [0.3, 0.4) is 0 Å². The van der Waals surface area contributed by atoms with Gasteiger partial charge < -0.3 is 4.74 Å². The van der Waals surface area contributed by atoms with Gasteiger partial charge in [-0.1, -0.05) is 12.1 Å². The average molecular weight is 339 g/mol. The van der Waals surface area contributed by atoms with Crippen LogP contribution in [-0.4, -0.2) is 9.97 Å². The van der Waals surface area contributed by atoms with Crippen LogP contribution in [0.2, 0.25) is 0 Å². The Morgan fingerprint density at radius 1 is 1.30 bits per heavy atom. The summed E-state index contributed by atoms with van der Waals surface area (Å²) in [6.07, 6.45) is 1.84.